The lowest BCUT2D eigenvalue weighted by atomic mass is 9.79. The second kappa shape index (κ2) is 4.27. The lowest BCUT2D eigenvalue weighted by Gasteiger charge is -2.32. The van der Waals surface area contributed by atoms with Gasteiger partial charge in [0.25, 0.3) is 0 Å². The summed E-state index contributed by atoms with van der Waals surface area (Å²) in [7, 11) is 0. The average Bonchev–Trinajstić information content (AvgIpc) is 3.11. The normalized spacial score (nSPS) is 39.0. The van der Waals surface area contributed by atoms with Gasteiger partial charge in [-0.15, -0.1) is 0 Å². The minimum absolute atomic E-state index is 0.678. The van der Waals surface area contributed by atoms with E-state index in [1.807, 2.05) is 12.1 Å². The number of rotatable bonds is 2. The first-order valence-corrected chi connectivity index (χ1v) is 7.62. The highest BCUT2D eigenvalue weighted by molar-refractivity contribution is 5.48. The fourth-order valence-corrected chi connectivity index (χ4v) is 5.09. The lowest BCUT2D eigenvalue weighted by Crippen LogP contribution is -2.33. The maximum atomic E-state index is 8.83. The molecular weight excluding hydrogens is 232 g/mol. The van der Waals surface area contributed by atoms with Gasteiger partial charge in [-0.25, -0.2) is 0 Å². The first-order valence-electron chi connectivity index (χ1n) is 7.62. The number of benzene rings is 1. The summed E-state index contributed by atoms with van der Waals surface area (Å²) in [6, 6.07) is 10.8. The zero-order chi connectivity index (χ0) is 12.8. The van der Waals surface area contributed by atoms with Crippen LogP contribution in [-0.4, -0.2) is 6.04 Å². The SMILES string of the molecule is N#Cc1ccc(NC2CC3CC2C2CCCC32)cc1. The van der Waals surface area contributed by atoms with Crippen molar-refractivity contribution in [3.05, 3.63) is 29.8 Å². The number of nitrogens with zero attached hydrogens (tertiary/aromatic N) is 1. The van der Waals surface area contributed by atoms with Gasteiger partial charge in [0.2, 0.25) is 0 Å². The van der Waals surface area contributed by atoms with Gasteiger partial charge >= 0.3 is 0 Å². The van der Waals surface area contributed by atoms with Gasteiger partial charge in [0.15, 0.2) is 0 Å². The Morgan fingerprint density at radius 1 is 1.00 bits per heavy atom. The molecule has 3 aliphatic rings. The highest BCUT2D eigenvalue weighted by atomic mass is 14.9. The Morgan fingerprint density at radius 3 is 2.58 bits per heavy atom. The maximum absolute atomic E-state index is 8.83. The maximum Gasteiger partial charge on any atom is 0.0991 e. The molecule has 1 N–H and O–H groups in total. The molecule has 2 nitrogen and oxygen atoms in total. The van der Waals surface area contributed by atoms with E-state index in [1.54, 1.807) is 0 Å². The molecule has 1 aromatic carbocycles. The summed E-state index contributed by atoms with van der Waals surface area (Å²) >= 11 is 0. The van der Waals surface area contributed by atoms with E-state index >= 15 is 0 Å². The number of hydrogen-bond acceptors (Lipinski definition) is 2. The second-order valence-electron chi connectivity index (χ2n) is 6.59. The van der Waals surface area contributed by atoms with Gasteiger partial charge < -0.3 is 5.32 Å². The fourth-order valence-electron chi connectivity index (χ4n) is 5.09. The van der Waals surface area contributed by atoms with Gasteiger partial charge in [-0.2, -0.15) is 5.26 Å². The van der Waals surface area contributed by atoms with Crippen LogP contribution in [0.2, 0.25) is 0 Å². The van der Waals surface area contributed by atoms with Gasteiger partial charge in [0, 0.05) is 11.7 Å². The van der Waals surface area contributed by atoms with Crippen molar-refractivity contribution in [2.75, 3.05) is 5.32 Å². The van der Waals surface area contributed by atoms with E-state index < -0.39 is 0 Å². The van der Waals surface area contributed by atoms with Crippen molar-refractivity contribution >= 4 is 5.69 Å². The van der Waals surface area contributed by atoms with E-state index in [9.17, 15) is 0 Å². The Labute approximate surface area is 114 Å². The quantitative estimate of drug-likeness (QED) is 0.869. The molecule has 0 heterocycles. The molecule has 5 atom stereocenters. The third-order valence-electron chi connectivity index (χ3n) is 5.79. The number of nitriles is 1. The fraction of sp³-hybridized carbons (Fsp3) is 0.588. The molecule has 98 valence electrons. The van der Waals surface area contributed by atoms with Crippen LogP contribution in [0, 0.1) is 35.0 Å². The van der Waals surface area contributed by atoms with Gasteiger partial charge in [-0.1, -0.05) is 6.42 Å². The number of anilines is 1. The van der Waals surface area contributed by atoms with E-state index in [1.165, 1.54) is 37.8 Å². The minimum atomic E-state index is 0.678. The molecular formula is C17H20N2. The molecule has 0 amide bonds. The summed E-state index contributed by atoms with van der Waals surface area (Å²) in [5.74, 6) is 3.97. The van der Waals surface area contributed by atoms with Gasteiger partial charge in [0.05, 0.1) is 11.6 Å². The van der Waals surface area contributed by atoms with E-state index in [-0.39, 0.29) is 0 Å². The first kappa shape index (κ1) is 11.3. The minimum Gasteiger partial charge on any atom is -0.382 e. The van der Waals surface area contributed by atoms with Gasteiger partial charge in [0.1, 0.15) is 0 Å². The van der Waals surface area contributed by atoms with Gasteiger partial charge in [-0.3, -0.25) is 0 Å². The number of fused-ring (bicyclic) bond motifs is 5. The smallest absolute Gasteiger partial charge is 0.0991 e. The summed E-state index contributed by atoms with van der Waals surface area (Å²) in [5, 5.41) is 12.6. The van der Waals surface area contributed by atoms with Crippen molar-refractivity contribution in [3.8, 4) is 6.07 Å². The van der Waals surface area contributed by atoms with Crippen molar-refractivity contribution in [3.63, 3.8) is 0 Å². The van der Waals surface area contributed by atoms with Crippen LogP contribution in [0.15, 0.2) is 24.3 Å². The molecule has 3 saturated carbocycles. The van der Waals surface area contributed by atoms with Crippen LogP contribution in [-0.2, 0) is 0 Å². The molecule has 0 aliphatic heterocycles. The zero-order valence-corrected chi connectivity index (χ0v) is 11.2. The zero-order valence-electron chi connectivity index (χ0n) is 11.2. The van der Waals surface area contributed by atoms with Crippen LogP contribution < -0.4 is 5.32 Å². The summed E-state index contributed by atoms with van der Waals surface area (Å²) in [4.78, 5) is 0. The highest BCUT2D eigenvalue weighted by Gasteiger charge is 2.53. The van der Waals surface area contributed by atoms with Crippen LogP contribution in [0.5, 0.6) is 0 Å². The highest BCUT2D eigenvalue weighted by Crippen LogP contribution is 2.59. The second-order valence-corrected chi connectivity index (χ2v) is 6.59. The van der Waals surface area contributed by atoms with Crippen molar-refractivity contribution in [2.24, 2.45) is 23.7 Å². The lowest BCUT2D eigenvalue weighted by molar-refractivity contribution is 0.243. The van der Waals surface area contributed by atoms with Crippen molar-refractivity contribution in [2.45, 2.75) is 38.1 Å². The summed E-state index contributed by atoms with van der Waals surface area (Å²) in [6.07, 6.45) is 7.26. The van der Waals surface area contributed by atoms with Crippen LogP contribution in [0.25, 0.3) is 0 Å². The average molecular weight is 252 g/mol. The van der Waals surface area contributed by atoms with Crippen LogP contribution in [0.3, 0.4) is 0 Å². The van der Waals surface area contributed by atoms with E-state index in [0.717, 1.165) is 29.2 Å². The molecule has 4 rings (SSSR count). The Morgan fingerprint density at radius 2 is 1.79 bits per heavy atom. The van der Waals surface area contributed by atoms with Gasteiger partial charge in [-0.05, 0) is 73.6 Å². The molecule has 3 fully saturated rings. The summed E-state index contributed by atoms with van der Waals surface area (Å²) in [6.45, 7) is 0. The molecule has 0 saturated heterocycles. The van der Waals surface area contributed by atoms with Crippen LogP contribution in [0.1, 0.15) is 37.7 Å². The molecule has 0 radical (unpaired) electrons. The van der Waals surface area contributed by atoms with E-state index in [2.05, 4.69) is 23.5 Å². The standard InChI is InChI=1S/C17H20N2/c18-10-11-4-6-13(7-5-11)19-17-9-12-8-16(17)15-3-1-2-14(12)15/h4-7,12,14-17,19H,1-3,8-9H2. The number of hydrogen-bond donors (Lipinski definition) is 1. The molecule has 2 heteroatoms. The topological polar surface area (TPSA) is 35.8 Å². The molecule has 2 bridgehead atoms. The van der Waals surface area contributed by atoms with Crippen LogP contribution >= 0.6 is 0 Å². The predicted octanol–water partition coefficient (Wildman–Crippen LogP) is 3.79. The Balaban J connectivity index is 1.48. The van der Waals surface area contributed by atoms with E-state index in [4.69, 9.17) is 5.26 Å². The number of nitrogens with one attached hydrogen (secondary N) is 1. The third-order valence-corrected chi connectivity index (χ3v) is 5.79. The summed E-state index contributed by atoms with van der Waals surface area (Å²) in [5.41, 5.74) is 1.93. The van der Waals surface area contributed by atoms with Crippen molar-refractivity contribution < 1.29 is 0 Å². The van der Waals surface area contributed by atoms with Crippen LogP contribution in [0.4, 0.5) is 5.69 Å². The first-order chi connectivity index (χ1) is 9.35. The molecule has 1 aromatic rings. The largest absolute Gasteiger partial charge is 0.382 e. The molecule has 0 spiro atoms. The molecule has 0 aromatic heterocycles. The van der Waals surface area contributed by atoms with E-state index in [0.29, 0.717) is 6.04 Å². The predicted molar refractivity (Wildman–Crippen MR) is 75.6 cm³/mol. The Bertz CT molecular complexity index is 513. The molecule has 19 heavy (non-hydrogen) atoms. The molecule has 5 unspecified atom stereocenters. The Hall–Kier alpha value is -1.49. The molecule has 3 aliphatic carbocycles. The monoisotopic (exact) mass is 252 g/mol. The third kappa shape index (κ3) is 1.75. The summed E-state index contributed by atoms with van der Waals surface area (Å²) < 4.78 is 0. The van der Waals surface area contributed by atoms with Crippen molar-refractivity contribution in [1.29, 1.82) is 5.26 Å². The van der Waals surface area contributed by atoms with Crippen molar-refractivity contribution in [1.82, 2.24) is 0 Å². The Kier molecular flexibility index (Phi) is 2.55.